The number of methoxy groups -OCH3 is 1. The van der Waals surface area contributed by atoms with Crippen LogP contribution in [0.4, 0.5) is 5.95 Å². The summed E-state index contributed by atoms with van der Waals surface area (Å²) in [6.07, 6.45) is 2.44. The molecule has 1 aliphatic rings. The Balaban J connectivity index is 1.68. The Morgan fingerprint density at radius 3 is 2.73 bits per heavy atom. The van der Waals surface area contributed by atoms with E-state index in [-0.39, 0.29) is 12.1 Å². The van der Waals surface area contributed by atoms with E-state index < -0.39 is 0 Å². The number of benzene rings is 2. The van der Waals surface area contributed by atoms with E-state index in [0.717, 1.165) is 29.4 Å². The van der Waals surface area contributed by atoms with Gasteiger partial charge in [0.05, 0.1) is 25.8 Å². The van der Waals surface area contributed by atoms with Crippen molar-refractivity contribution in [2.45, 2.75) is 25.4 Å². The highest BCUT2D eigenvalue weighted by atomic mass is 16.5. The molecule has 2 aromatic carbocycles. The molecule has 6 nitrogen and oxygen atoms in total. The molecular formula is C20H22N4O2. The van der Waals surface area contributed by atoms with Crippen LogP contribution in [-0.4, -0.2) is 28.5 Å². The van der Waals surface area contributed by atoms with E-state index in [2.05, 4.69) is 33.6 Å². The van der Waals surface area contributed by atoms with Gasteiger partial charge < -0.3 is 14.8 Å². The number of nitrogens with zero attached hydrogens (tertiary/aromatic N) is 3. The standard InChI is InChI=1S/C20H22N4O2/c1-3-26-15-10-8-14(9-11-15)17-12-18(24-20(23-17)21-13-22-24)16-6-4-5-7-19(16)25-2/h4-11,13,17-18H,3,12H2,1-2H3,(H,21,22,23)/t17-,18+/m0/s1. The Kier molecular flexibility index (Phi) is 4.48. The first kappa shape index (κ1) is 16.4. The van der Waals surface area contributed by atoms with E-state index in [9.17, 15) is 0 Å². The predicted molar refractivity (Wildman–Crippen MR) is 99.7 cm³/mol. The summed E-state index contributed by atoms with van der Waals surface area (Å²) in [7, 11) is 1.70. The van der Waals surface area contributed by atoms with Gasteiger partial charge >= 0.3 is 0 Å². The van der Waals surface area contributed by atoms with Crippen molar-refractivity contribution in [3.8, 4) is 11.5 Å². The maximum absolute atomic E-state index is 5.58. The van der Waals surface area contributed by atoms with Crippen molar-refractivity contribution in [1.29, 1.82) is 0 Å². The molecule has 4 rings (SSSR count). The van der Waals surface area contributed by atoms with E-state index in [1.165, 1.54) is 5.56 Å². The van der Waals surface area contributed by atoms with Crippen LogP contribution in [-0.2, 0) is 0 Å². The highest BCUT2D eigenvalue weighted by Crippen LogP contribution is 2.40. The van der Waals surface area contributed by atoms with Gasteiger partial charge in [0.2, 0.25) is 5.95 Å². The van der Waals surface area contributed by atoms with Crippen LogP contribution in [0, 0.1) is 0 Å². The maximum atomic E-state index is 5.58. The van der Waals surface area contributed by atoms with Gasteiger partial charge in [-0.05, 0) is 37.1 Å². The molecular weight excluding hydrogens is 328 g/mol. The van der Waals surface area contributed by atoms with E-state index in [4.69, 9.17) is 9.47 Å². The zero-order chi connectivity index (χ0) is 17.9. The van der Waals surface area contributed by atoms with E-state index in [0.29, 0.717) is 6.61 Å². The second-order valence-corrected chi connectivity index (χ2v) is 6.22. The fourth-order valence-corrected chi connectivity index (χ4v) is 3.50. The number of anilines is 1. The summed E-state index contributed by atoms with van der Waals surface area (Å²) in [5.41, 5.74) is 2.31. The molecule has 2 atom stereocenters. The molecule has 134 valence electrons. The quantitative estimate of drug-likeness (QED) is 0.758. The molecule has 2 heterocycles. The van der Waals surface area contributed by atoms with Crippen LogP contribution < -0.4 is 14.8 Å². The van der Waals surface area contributed by atoms with Crippen LogP contribution in [0.1, 0.15) is 36.6 Å². The summed E-state index contributed by atoms with van der Waals surface area (Å²) in [6.45, 7) is 2.65. The van der Waals surface area contributed by atoms with Crippen molar-refractivity contribution < 1.29 is 9.47 Å². The van der Waals surface area contributed by atoms with Crippen molar-refractivity contribution in [1.82, 2.24) is 14.8 Å². The van der Waals surface area contributed by atoms with Crippen LogP contribution >= 0.6 is 0 Å². The minimum Gasteiger partial charge on any atom is -0.496 e. The monoisotopic (exact) mass is 350 g/mol. The summed E-state index contributed by atoms with van der Waals surface area (Å²) in [5, 5.41) is 7.91. The first-order valence-electron chi connectivity index (χ1n) is 8.82. The third kappa shape index (κ3) is 2.98. The highest BCUT2D eigenvalue weighted by Gasteiger charge is 2.31. The van der Waals surface area contributed by atoms with Gasteiger partial charge in [-0.25, -0.2) is 4.68 Å². The normalized spacial score (nSPS) is 18.7. The minimum absolute atomic E-state index is 0.0569. The summed E-state index contributed by atoms with van der Waals surface area (Å²) >= 11 is 0. The van der Waals surface area contributed by atoms with Crippen LogP contribution in [0.15, 0.2) is 54.9 Å². The van der Waals surface area contributed by atoms with Gasteiger partial charge in [-0.2, -0.15) is 10.1 Å². The maximum Gasteiger partial charge on any atom is 0.222 e. The lowest BCUT2D eigenvalue weighted by atomic mass is 9.93. The van der Waals surface area contributed by atoms with E-state index in [1.807, 2.05) is 41.9 Å². The third-order valence-electron chi connectivity index (χ3n) is 4.72. The number of ether oxygens (including phenoxy) is 2. The molecule has 0 unspecified atom stereocenters. The molecule has 0 saturated carbocycles. The van der Waals surface area contributed by atoms with Gasteiger partial charge in [-0.3, -0.25) is 0 Å². The Morgan fingerprint density at radius 2 is 1.96 bits per heavy atom. The van der Waals surface area contributed by atoms with Crippen LogP contribution in [0.3, 0.4) is 0 Å². The van der Waals surface area contributed by atoms with Crippen LogP contribution in [0.25, 0.3) is 0 Å². The van der Waals surface area contributed by atoms with Gasteiger partial charge in [0.15, 0.2) is 0 Å². The Hall–Kier alpha value is -3.02. The lowest BCUT2D eigenvalue weighted by Gasteiger charge is -2.32. The molecule has 0 amide bonds. The van der Waals surface area contributed by atoms with Gasteiger partial charge in [0, 0.05) is 5.56 Å². The van der Waals surface area contributed by atoms with Gasteiger partial charge in [-0.1, -0.05) is 30.3 Å². The highest BCUT2D eigenvalue weighted by molar-refractivity contribution is 5.43. The fraction of sp³-hybridized carbons (Fsp3) is 0.300. The Labute approximate surface area is 152 Å². The van der Waals surface area contributed by atoms with Crippen molar-refractivity contribution in [3.05, 3.63) is 66.0 Å². The van der Waals surface area contributed by atoms with Crippen molar-refractivity contribution in [2.24, 2.45) is 0 Å². The second-order valence-electron chi connectivity index (χ2n) is 6.22. The molecule has 0 saturated heterocycles. The number of fused-ring (bicyclic) bond motifs is 1. The topological polar surface area (TPSA) is 61.2 Å². The first-order chi connectivity index (χ1) is 12.8. The molecule has 6 heteroatoms. The summed E-state index contributed by atoms with van der Waals surface area (Å²) in [5.74, 6) is 2.52. The van der Waals surface area contributed by atoms with Gasteiger partial charge in [0.1, 0.15) is 17.8 Å². The molecule has 1 N–H and O–H groups in total. The molecule has 0 fully saturated rings. The largest absolute Gasteiger partial charge is 0.496 e. The number of rotatable bonds is 5. The molecule has 26 heavy (non-hydrogen) atoms. The molecule has 0 spiro atoms. The SMILES string of the molecule is CCOc1ccc([C@@H]2C[C@H](c3ccccc3OC)n3ncnc3N2)cc1. The number of aromatic nitrogens is 3. The van der Waals surface area contributed by atoms with Crippen LogP contribution in [0.5, 0.6) is 11.5 Å². The minimum atomic E-state index is 0.0569. The second kappa shape index (κ2) is 7.07. The van der Waals surface area contributed by atoms with E-state index in [1.54, 1.807) is 13.4 Å². The Morgan fingerprint density at radius 1 is 1.15 bits per heavy atom. The lowest BCUT2D eigenvalue weighted by molar-refractivity contribution is 0.340. The third-order valence-corrected chi connectivity index (χ3v) is 4.72. The number of hydrogen-bond acceptors (Lipinski definition) is 5. The lowest BCUT2D eigenvalue weighted by Crippen LogP contribution is -2.28. The van der Waals surface area contributed by atoms with Crippen molar-refractivity contribution in [3.63, 3.8) is 0 Å². The molecule has 0 aliphatic carbocycles. The fourth-order valence-electron chi connectivity index (χ4n) is 3.50. The number of nitrogens with one attached hydrogen (secondary N) is 1. The van der Waals surface area contributed by atoms with Crippen molar-refractivity contribution in [2.75, 3.05) is 19.0 Å². The molecule has 1 aliphatic heterocycles. The molecule has 0 bridgehead atoms. The Bertz CT molecular complexity index is 876. The van der Waals surface area contributed by atoms with Gasteiger partial charge in [-0.15, -0.1) is 0 Å². The number of hydrogen-bond donors (Lipinski definition) is 1. The molecule has 1 aromatic heterocycles. The summed E-state index contributed by atoms with van der Waals surface area (Å²) in [6, 6.07) is 16.5. The zero-order valence-corrected chi connectivity index (χ0v) is 14.9. The average molecular weight is 350 g/mol. The zero-order valence-electron chi connectivity index (χ0n) is 14.9. The summed E-state index contributed by atoms with van der Waals surface area (Å²) < 4.78 is 13.1. The average Bonchev–Trinajstić information content (AvgIpc) is 3.17. The number of para-hydroxylation sites is 1. The van der Waals surface area contributed by atoms with E-state index >= 15 is 0 Å². The van der Waals surface area contributed by atoms with Gasteiger partial charge in [0.25, 0.3) is 0 Å². The van der Waals surface area contributed by atoms with Crippen molar-refractivity contribution >= 4 is 5.95 Å². The predicted octanol–water partition coefficient (Wildman–Crippen LogP) is 3.83. The van der Waals surface area contributed by atoms with Crippen LogP contribution in [0.2, 0.25) is 0 Å². The first-order valence-corrected chi connectivity index (χ1v) is 8.82. The summed E-state index contributed by atoms with van der Waals surface area (Å²) in [4.78, 5) is 4.39. The smallest absolute Gasteiger partial charge is 0.222 e. The molecule has 0 radical (unpaired) electrons. The molecule has 3 aromatic rings.